The smallest absolute Gasteiger partial charge is 0.253 e. The number of aromatic nitrogens is 4. The molecule has 1 N–H and O–H groups in total. The van der Waals surface area contributed by atoms with E-state index in [1.165, 1.54) is 19.3 Å². The van der Waals surface area contributed by atoms with E-state index >= 15 is 0 Å². The van der Waals surface area contributed by atoms with Crippen molar-refractivity contribution in [2.45, 2.75) is 65.0 Å². The minimum absolute atomic E-state index is 0.0272. The van der Waals surface area contributed by atoms with Crippen LogP contribution < -0.4 is 5.32 Å². The fourth-order valence-electron chi connectivity index (χ4n) is 4.14. The molecule has 0 unspecified atom stereocenters. The second-order valence-electron chi connectivity index (χ2n) is 7.93. The van der Waals surface area contributed by atoms with Gasteiger partial charge in [-0.1, -0.05) is 19.3 Å². The maximum Gasteiger partial charge on any atom is 0.253 e. The van der Waals surface area contributed by atoms with Crippen LogP contribution in [0.5, 0.6) is 0 Å². The van der Waals surface area contributed by atoms with Crippen LogP contribution in [-0.4, -0.2) is 31.5 Å². The standard InChI is InChI=1S/C22H27N5OS/c1-14(2)27-15(3)17(21(28)25-16-7-5-4-6-8-16)11-20(27)19-13-29-22(26-19)18-12-23-9-10-24-18/h9-14,16H,4-8H2,1-3H3,(H,25,28). The Morgan fingerprint density at radius 3 is 2.69 bits per heavy atom. The van der Waals surface area contributed by atoms with Gasteiger partial charge in [0, 0.05) is 35.6 Å². The van der Waals surface area contributed by atoms with Gasteiger partial charge >= 0.3 is 0 Å². The minimum Gasteiger partial charge on any atom is -0.349 e. The summed E-state index contributed by atoms with van der Waals surface area (Å²) in [7, 11) is 0. The van der Waals surface area contributed by atoms with E-state index in [0.717, 1.165) is 46.2 Å². The van der Waals surface area contributed by atoms with Gasteiger partial charge in [0.2, 0.25) is 0 Å². The Bertz CT molecular complexity index is 986. The van der Waals surface area contributed by atoms with Crippen molar-refractivity contribution in [1.82, 2.24) is 24.8 Å². The molecule has 3 aromatic heterocycles. The summed E-state index contributed by atoms with van der Waals surface area (Å²) in [6, 6.07) is 2.51. The summed E-state index contributed by atoms with van der Waals surface area (Å²) in [5.41, 5.74) is 4.32. The van der Waals surface area contributed by atoms with Crippen LogP contribution in [0.4, 0.5) is 0 Å². The topological polar surface area (TPSA) is 72.7 Å². The van der Waals surface area contributed by atoms with Crippen LogP contribution in [0.2, 0.25) is 0 Å². The third kappa shape index (κ3) is 4.10. The highest BCUT2D eigenvalue weighted by molar-refractivity contribution is 7.13. The molecule has 0 atom stereocenters. The zero-order chi connectivity index (χ0) is 20.4. The van der Waals surface area contributed by atoms with Gasteiger partial charge in [-0.2, -0.15) is 0 Å². The van der Waals surface area contributed by atoms with E-state index in [1.54, 1.807) is 29.9 Å². The van der Waals surface area contributed by atoms with Crippen LogP contribution in [-0.2, 0) is 0 Å². The first kappa shape index (κ1) is 19.8. The SMILES string of the molecule is Cc1c(C(=O)NC2CCCCC2)cc(-c2csc(-c3cnccn3)n2)n1C(C)C. The molecule has 1 fully saturated rings. The van der Waals surface area contributed by atoms with E-state index in [-0.39, 0.29) is 11.9 Å². The Labute approximate surface area is 175 Å². The monoisotopic (exact) mass is 409 g/mol. The summed E-state index contributed by atoms with van der Waals surface area (Å²) in [5.74, 6) is 0.0272. The molecule has 3 aromatic rings. The maximum absolute atomic E-state index is 13.0. The molecule has 7 heteroatoms. The molecule has 0 aromatic carbocycles. The number of hydrogen-bond acceptors (Lipinski definition) is 5. The van der Waals surface area contributed by atoms with Crippen LogP contribution in [0.3, 0.4) is 0 Å². The number of amides is 1. The summed E-state index contributed by atoms with van der Waals surface area (Å²) in [6.45, 7) is 6.29. The Hall–Kier alpha value is -2.54. The van der Waals surface area contributed by atoms with Gasteiger partial charge in [0.15, 0.2) is 0 Å². The molecule has 152 valence electrons. The zero-order valence-corrected chi connectivity index (χ0v) is 18.0. The molecule has 0 saturated heterocycles. The quantitative estimate of drug-likeness (QED) is 0.642. The van der Waals surface area contributed by atoms with Crippen molar-refractivity contribution < 1.29 is 4.79 Å². The molecule has 1 saturated carbocycles. The molecule has 0 radical (unpaired) electrons. The number of thiazole rings is 1. The molecule has 29 heavy (non-hydrogen) atoms. The average Bonchev–Trinajstić information content (AvgIpc) is 3.34. The largest absolute Gasteiger partial charge is 0.349 e. The van der Waals surface area contributed by atoms with Crippen LogP contribution in [0, 0.1) is 6.92 Å². The molecule has 3 heterocycles. The lowest BCUT2D eigenvalue weighted by Crippen LogP contribution is -2.36. The second kappa shape index (κ2) is 8.45. The highest BCUT2D eigenvalue weighted by Crippen LogP contribution is 2.32. The molecule has 6 nitrogen and oxygen atoms in total. The molecule has 0 spiro atoms. The van der Waals surface area contributed by atoms with Crippen LogP contribution in [0.1, 0.15) is 68.0 Å². The fraction of sp³-hybridized carbons (Fsp3) is 0.455. The van der Waals surface area contributed by atoms with Gasteiger partial charge in [-0.3, -0.25) is 14.8 Å². The lowest BCUT2D eigenvalue weighted by atomic mass is 9.95. The van der Waals surface area contributed by atoms with Gasteiger partial charge in [0.1, 0.15) is 10.7 Å². The Kier molecular flexibility index (Phi) is 5.76. The van der Waals surface area contributed by atoms with Crippen LogP contribution in [0.15, 0.2) is 30.0 Å². The molecular formula is C22H27N5OS. The first-order valence-corrected chi connectivity index (χ1v) is 11.2. The Morgan fingerprint density at radius 2 is 2.00 bits per heavy atom. The van der Waals surface area contributed by atoms with Crippen molar-refractivity contribution in [2.75, 3.05) is 0 Å². The number of carbonyl (C=O) groups is 1. The molecule has 1 aliphatic carbocycles. The molecule has 0 bridgehead atoms. The van der Waals surface area contributed by atoms with E-state index in [1.807, 2.05) is 18.4 Å². The summed E-state index contributed by atoms with van der Waals surface area (Å²) in [6.07, 6.45) is 10.9. The number of hydrogen-bond donors (Lipinski definition) is 1. The van der Waals surface area contributed by atoms with Crippen molar-refractivity contribution >= 4 is 17.2 Å². The number of rotatable bonds is 5. The van der Waals surface area contributed by atoms with Crippen molar-refractivity contribution in [3.8, 4) is 22.1 Å². The zero-order valence-electron chi connectivity index (χ0n) is 17.2. The second-order valence-corrected chi connectivity index (χ2v) is 8.79. The predicted octanol–water partition coefficient (Wildman–Crippen LogP) is 5.02. The van der Waals surface area contributed by atoms with Gasteiger partial charge < -0.3 is 9.88 Å². The van der Waals surface area contributed by atoms with Gasteiger partial charge in [-0.25, -0.2) is 4.98 Å². The highest BCUT2D eigenvalue weighted by atomic mass is 32.1. The lowest BCUT2D eigenvalue weighted by molar-refractivity contribution is 0.0927. The molecule has 1 aliphatic rings. The number of nitrogens with one attached hydrogen (secondary N) is 1. The third-order valence-corrected chi connectivity index (χ3v) is 6.41. The normalized spacial score (nSPS) is 15.0. The van der Waals surface area contributed by atoms with Gasteiger partial charge in [0.05, 0.1) is 23.1 Å². The number of nitrogens with zero attached hydrogens (tertiary/aromatic N) is 4. The van der Waals surface area contributed by atoms with E-state index in [9.17, 15) is 4.79 Å². The predicted molar refractivity (Wildman–Crippen MR) is 116 cm³/mol. The van der Waals surface area contributed by atoms with Crippen molar-refractivity contribution in [2.24, 2.45) is 0 Å². The van der Waals surface area contributed by atoms with E-state index in [0.29, 0.717) is 6.04 Å². The average molecular weight is 410 g/mol. The van der Waals surface area contributed by atoms with Gasteiger partial charge in [-0.15, -0.1) is 11.3 Å². The van der Waals surface area contributed by atoms with Gasteiger partial charge in [0.25, 0.3) is 5.91 Å². The van der Waals surface area contributed by atoms with Crippen molar-refractivity contribution in [3.63, 3.8) is 0 Å². The first-order chi connectivity index (χ1) is 14.0. The summed E-state index contributed by atoms with van der Waals surface area (Å²) in [4.78, 5) is 26.3. The van der Waals surface area contributed by atoms with Crippen molar-refractivity contribution in [3.05, 3.63) is 41.3 Å². The minimum atomic E-state index is 0.0272. The van der Waals surface area contributed by atoms with E-state index in [2.05, 4.69) is 33.7 Å². The van der Waals surface area contributed by atoms with Crippen molar-refractivity contribution in [1.29, 1.82) is 0 Å². The molecule has 0 aliphatic heterocycles. The van der Waals surface area contributed by atoms with E-state index < -0.39 is 0 Å². The molecule has 1 amide bonds. The van der Waals surface area contributed by atoms with Crippen LogP contribution >= 0.6 is 11.3 Å². The van der Waals surface area contributed by atoms with E-state index in [4.69, 9.17) is 4.98 Å². The lowest BCUT2D eigenvalue weighted by Gasteiger charge is -2.22. The molecular weight excluding hydrogens is 382 g/mol. The Morgan fingerprint density at radius 1 is 1.21 bits per heavy atom. The third-order valence-electron chi connectivity index (χ3n) is 5.54. The Balaban J connectivity index is 1.66. The number of carbonyl (C=O) groups excluding carboxylic acids is 1. The van der Waals surface area contributed by atoms with Crippen LogP contribution in [0.25, 0.3) is 22.1 Å². The summed E-state index contributed by atoms with van der Waals surface area (Å²) < 4.78 is 2.20. The fourth-order valence-corrected chi connectivity index (χ4v) is 4.92. The highest BCUT2D eigenvalue weighted by Gasteiger charge is 2.24. The maximum atomic E-state index is 13.0. The molecule has 4 rings (SSSR count). The summed E-state index contributed by atoms with van der Waals surface area (Å²) >= 11 is 1.54. The van der Waals surface area contributed by atoms with Gasteiger partial charge in [-0.05, 0) is 39.7 Å². The summed E-state index contributed by atoms with van der Waals surface area (Å²) in [5, 5.41) is 6.11. The first-order valence-electron chi connectivity index (χ1n) is 10.3.